The number of nitrogens with two attached hydrogens (primary N) is 1. The van der Waals surface area contributed by atoms with Gasteiger partial charge in [0.25, 0.3) is 0 Å². The molecule has 1 heterocycles. The third-order valence-corrected chi connectivity index (χ3v) is 5.68. The second-order valence-corrected chi connectivity index (χ2v) is 7.61. The Morgan fingerprint density at radius 1 is 0.750 bits per heavy atom. The summed E-state index contributed by atoms with van der Waals surface area (Å²) in [5.74, 6) is -3.79. The molecule has 0 radical (unpaired) electrons. The smallest absolute Gasteiger partial charge is 0.249 e. The van der Waals surface area contributed by atoms with Gasteiger partial charge in [0.15, 0.2) is 11.6 Å². The quantitative estimate of drug-likeness (QED) is 0.348. The number of carbonyl (C=O) groups excluding carboxylic acids is 1. The van der Waals surface area contributed by atoms with Gasteiger partial charge in [-0.05, 0) is 35.4 Å². The topological polar surface area (TPSA) is 48.0 Å². The van der Waals surface area contributed by atoms with Gasteiger partial charge in [-0.3, -0.25) is 4.79 Å². The number of aromatic nitrogens is 1. The Morgan fingerprint density at radius 3 is 2.25 bits per heavy atom. The Morgan fingerprint density at radius 2 is 1.50 bits per heavy atom. The lowest BCUT2D eigenvalue weighted by molar-refractivity contribution is 0.100. The summed E-state index contributed by atoms with van der Waals surface area (Å²) in [6.45, 7) is -0.0521. The zero-order valence-corrected chi connectivity index (χ0v) is 16.8. The molecule has 4 aromatic carbocycles. The van der Waals surface area contributed by atoms with E-state index >= 15 is 0 Å². The van der Waals surface area contributed by atoms with Gasteiger partial charge >= 0.3 is 0 Å². The normalized spacial score (nSPS) is 11.3. The van der Waals surface area contributed by atoms with Gasteiger partial charge in [0.2, 0.25) is 5.91 Å². The molecule has 0 spiro atoms. The highest BCUT2D eigenvalue weighted by molar-refractivity contribution is 6.18. The van der Waals surface area contributed by atoms with Crippen molar-refractivity contribution in [2.75, 3.05) is 0 Å². The van der Waals surface area contributed by atoms with E-state index in [2.05, 4.69) is 0 Å². The summed E-state index contributed by atoms with van der Waals surface area (Å²) < 4.78 is 43.6. The van der Waals surface area contributed by atoms with Crippen LogP contribution in [0.5, 0.6) is 0 Å². The summed E-state index contributed by atoms with van der Waals surface area (Å²) in [5, 5.41) is 1.40. The van der Waals surface area contributed by atoms with Crippen LogP contribution in [0.2, 0.25) is 0 Å². The van der Waals surface area contributed by atoms with Crippen molar-refractivity contribution in [1.82, 2.24) is 4.57 Å². The van der Waals surface area contributed by atoms with Crippen molar-refractivity contribution in [3.05, 3.63) is 107 Å². The fourth-order valence-corrected chi connectivity index (χ4v) is 4.19. The van der Waals surface area contributed by atoms with Crippen molar-refractivity contribution in [3.63, 3.8) is 0 Å². The molecule has 0 saturated heterocycles. The Kier molecular flexibility index (Phi) is 4.70. The molecule has 1 aromatic heterocycles. The number of rotatable bonds is 4. The standard InChI is InChI=1S/C26H17F3N2O/c27-20-13-22(29)21(28)11-17(20)14-31-23-8-4-7-19(26(30)32)25(23)18-10-9-16(12-24(18)31)15-5-2-1-3-6-15/h1-13H,14H2,(H2,30,32). The minimum Gasteiger partial charge on any atom is -0.366 e. The summed E-state index contributed by atoms with van der Waals surface area (Å²) >= 11 is 0. The highest BCUT2D eigenvalue weighted by atomic mass is 19.2. The number of fused-ring (bicyclic) bond motifs is 3. The van der Waals surface area contributed by atoms with Crippen LogP contribution in [0.4, 0.5) is 13.2 Å². The van der Waals surface area contributed by atoms with Crippen LogP contribution in [0.1, 0.15) is 15.9 Å². The second-order valence-electron chi connectivity index (χ2n) is 7.61. The predicted molar refractivity (Wildman–Crippen MR) is 119 cm³/mol. The van der Waals surface area contributed by atoms with Gasteiger partial charge in [-0.1, -0.05) is 48.5 Å². The van der Waals surface area contributed by atoms with E-state index in [1.165, 1.54) is 0 Å². The molecule has 2 N–H and O–H groups in total. The summed E-state index contributed by atoms with van der Waals surface area (Å²) in [6, 6.07) is 22.0. The van der Waals surface area contributed by atoms with Crippen molar-refractivity contribution in [2.24, 2.45) is 5.73 Å². The Bertz CT molecular complexity index is 1510. The average molecular weight is 430 g/mol. The zero-order valence-electron chi connectivity index (χ0n) is 16.8. The van der Waals surface area contributed by atoms with Gasteiger partial charge in [-0.2, -0.15) is 0 Å². The average Bonchev–Trinajstić information content (AvgIpc) is 3.11. The molecule has 0 bridgehead atoms. The van der Waals surface area contributed by atoms with Crippen molar-refractivity contribution in [3.8, 4) is 11.1 Å². The van der Waals surface area contributed by atoms with Crippen LogP contribution < -0.4 is 5.73 Å². The highest BCUT2D eigenvalue weighted by Gasteiger charge is 2.19. The maximum absolute atomic E-state index is 14.5. The van der Waals surface area contributed by atoms with E-state index in [-0.39, 0.29) is 12.1 Å². The van der Waals surface area contributed by atoms with Crippen LogP contribution in [-0.4, -0.2) is 10.5 Å². The lowest BCUT2D eigenvalue weighted by atomic mass is 10.0. The van der Waals surface area contributed by atoms with E-state index in [1.807, 2.05) is 48.5 Å². The third kappa shape index (κ3) is 3.21. The molecule has 0 fully saturated rings. The first-order valence-corrected chi connectivity index (χ1v) is 9.97. The fourth-order valence-electron chi connectivity index (χ4n) is 4.19. The molecule has 0 atom stereocenters. The lowest BCUT2D eigenvalue weighted by Crippen LogP contribution is -2.11. The van der Waals surface area contributed by atoms with E-state index < -0.39 is 23.4 Å². The Balaban J connectivity index is 1.81. The van der Waals surface area contributed by atoms with E-state index in [4.69, 9.17) is 5.73 Å². The molecular weight excluding hydrogens is 413 g/mol. The first-order valence-electron chi connectivity index (χ1n) is 9.97. The largest absolute Gasteiger partial charge is 0.366 e. The second kappa shape index (κ2) is 7.57. The molecule has 0 aliphatic heterocycles. The SMILES string of the molecule is NC(=O)c1cccc2c1c1ccc(-c3ccccc3)cc1n2Cc1cc(F)c(F)cc1F. The van der Waals surface area contributed by atoms with Crippen molar-refractivity contribution in [1.29, 1.82) is 0 Å². The molecule has 0 saturated carbocycles. The van der Waals surface area contributed by atoms with Crippen molar-refractivity contribution in [2.45, 2.75) is 6.54 Å². The molecule has 5 rings (SSSR count). The minimum atomic E-state index is -1.24. The molecule has 0 aliphatic carbocycles. The maximum atomic E-state index is 14.5. The van der Waals surface area contributed by atoms with Gasteiger partial charge in [-0.25, -0.2) is 13.2 Å². The summed E-state index contributed by atoms with van der Waals surface area (Å²) in [6.07, 6.45) is 0. The van der Waals surface area contributed by atoms with Crippen molar-refractivity contribution < 1.29 is 18.0 Å². The van der Waals surface area contributed by atoms with Gasteiger partial charge in [-0.15, -0.1) is 0 Å². The molecule has 0 unspecified atom stereocenters. The van der Waals surface area contributed by atoms with E-state index in [1.54, 1.807) is 22.8 Å². The molecule has 6 heteroatoms. The number of benzene rings is 4. The number of amides is 1. The van der Waals surface area contributed by atoms with Crippen LogP contribution in [0, 0.1) is 17.5 Å². The summed E-state index contributed by atoms with van der Waals surface area (Å²) in [5.41, 5.74) is 9.23. The van der Waals surface area contributed by atoms with Crippen LogP contribution in [-0.2, 0) is 6.54 Å². The fraction of sp³-hybridized carbons (Fsp3) is 0.0385. The number of halogens is 3. The number of nitrogens with zero attached hydrogens (tertiary/aromatic N) is 1. The van der Waals surface area contributed by atoms with Crippen LogP contribution >= 0.6 is 0 Å². The summed E-state index contributed by atoms with van der Waals surface area (Å²) in [7, 11) is 0. The molecular formula is C26H17F3N2O. The molecule has 158 valence electrons. The predicted octanol–water partition coefficient (Wildman–Crippen LogP) is 6.03. The zero-order chi connectivity index (χ0) is 22.4. The molecule has 1 amide bonds. The van der Waals surface area contributed by atoms with Crippen LogP contribution in [0.25, 0.3) is 32.9 Å². The first-order chi connectivity index (χ1) is 15.4. The highest BCUT2D eigenvalue weighted by Crippen LogP contribution is 2.35. The first kappa shape index (κ1) is 19.9. The molecule has 3 nitrogen and oxygen atoms in total. The molecule has 5 aromatic rings. The van der Waals surface area contributed by atoms with E-state index in [0.29, 0.717) is 22.5 Å². The van der Waals surface area contributed by atoms with E-state index in [0.717, 1.165) is 28.1 Å². The van der Waals surface area contributed by atoms with Crippen molar-refractivity contribution >= 4 is 27.7 Å². The lowest BCUT2D eigenvalue weighted by Gasteiger charge is -2.10. The number of carbonyl (C=O) groups is 1. The monoisotopic (exact) mass is 430 g/mol. The summed E-state index contributed by atoms with van der Waals surface area (Å²) in [4.78, 5) is 12.1. The number of hydrogen-bond donors (Lipinski definition) is 1. The Hall–Kier alpha value is -4.06. The van der Waals surface area contributed by atoms with Crippen LogP contribution in [0.3, 0.4) is 0 Å². The Labute approximate surface area is 181 Å². The van der Waals surface area contributed by atoms with Crippen LogP contribution in [0.15, 0.2) is 78.9 Å². The maximum Gasteiger partial charge on any atom is 0.249 e. The van der Waals surface area contributed by atoms with Gasteiger partial charge < -0.3 is 10.3 Å². The number of hydrogen-bond acceptors (Lipinski definition) is 1. The van der Waals surface area contributed by atoms with Gasteiger partial charge in [0, 0.05) is 28.0 Å². The van der Waals surface area contributed by atoms with Gasteiger partial charge in [0.05, 0.1) is 17.6 Å². The number of primary amides is 1. The third-order valence-electron chi connectivity index (χ3n) is 5.68. The van der Waals surface area contributed by atoms with Gasteiger partial charge in [0.1, 0.15) is 5.82 Å². The molecule has 32 heavy (non-hydrogen) atoms. The minimum absolute atomic E-state index is 0.00251. The van der Waals surface area contributed by atoms with E-state index in [9.17, 15) is 18.0 Å². The molecule has 0 aliphatic rings.